The van der Waals surface area contributed by atoms with E-state index in [4.69, 9.17) is 14.2 Å². The lowest BCUT2D eigenvalue weighted by molar-refractivity contribution is -0.167. The molecule has 1 atom stereocenters. The smallest absolute Gasteiger partial charge is 0.306 e. The predicted molar refractivity (Wildman–Crippen MR) is 334 cm³/mol. The number of hydrogen-bond donors (Lipinski definition) is 0. The van der Waals surface area contributed by atoms with Gasteiger partial charge >= 0.3 is 17.9 Å². The Balaban J connectivity index is 4.50. The molecular weight excluding hydrogens is 949 g/mol. The van der Waals surface area contributed by atoms with Crippen LogP contribution < -0.4 is 0 Å². The summed E-state index contributed by atoms with van der Waals surface area (Å²) in [7, 11) is 0. The van der Waals surface area contributed by atoms with Crippen LogP contribution in [0.2, 0.25) is 0 Å². The van der Waals surface area contributed by atoms with Crippen LogP contribution in [-0.4, -0.2) is 37.2 Å². The van der Waals surface area contributed by atoms with Gasteiger partial charge in [-0.25, -0.2) is 0 Å². The molecule has 6 heteroatoms. The van der Waals surface area contributed by atoms with E-state index in [1.165, 1.54) is 51.4 Å². The van der Waals surface area contributed by atoms with Crippen molar-refractivity contribution in [3.63, 3.8) is 0 Å². The van der Waals surface area contributed by atoms with E-state index < -0.39 is 6.10 Å². The normalized spacial score (nSPS) is 13.2. The van der Waals surface area contributed by atoms with Crippen LogP contribution in [0.1, 0.15) is 252 Å². The average molecular weight is 1060 g/mol. The summed E-state index contributed by atoms with van der Waals surface area (Å²) in [6, 6.07) is 0. The molecular formula is C71H112O6. The molecule has 1 unspecified atom stereocenters. The van der Waals surface area contributed by atoms with Gasteiger partial charge in [0.05, 0.1) is 0 Å². The average Bonchev–Trinajstić information content (AvgIpc) is 3.43. The Labute approximate surface area is 473 Å². The Morgan fingerprint density at radius 3 is 0.818 bits per heavy atom. The lowest BCUT2D eigenvalue weighted by atomic mass is 10.1. The van der Waals surface area contributed by atoms with Crippen LogP contribution in [-0.2, 0) is 28.6 Å². The number of ether oxygens (including phenoxy) is 3. The number of rotatable bonds is 54. The highest BCUT2D eigenvalue weighted by molar-refractivity contribution is 5.71. The number of unbranched alkanes of at least 4 members (excludes halogenated alkanes) is 17. The maximum Gasteiger partial charge on any atom is 0.306 e. The summed E-state index contributed by atoms with van der Waals surface area (Å²) < 4.78 is 16.8. The third kappa shape index (κ3) is 61.8. The fourth-order valence-electron chi connectivity index (χ4n) is 7.91. The van der Waals surface area contributed by atoms with Gasteiger partial charge < -0.3 is 14.2 Å². The minimum absolute atomic E-state index is 0.111. The van der Waals surface area contributed by atoms with Crippen molar-refractivity contribution in [3.05, 3.63) is 158 Å². The first-order valence-electron chi connectivity index (χ1n) is 31.0. The molecule has 77 heavy (non-hydrogen) atoms. The van der Waals surface area contributed by atoms with Crippen molar-refractivity contribution in [2.24, 2.45) is 0 Å². The van der Waals surface area contributed by atoms with Crippen LogP contribution in [0.15, 0.2) is 158 Å². The second-order valence-electron chi connectivity index (χ2n) is 19.8. The lowest BCUT2D eigenvalue weighted by Gasteiger charge is -2.18. The SMILES string of the molecule is CC/C=C\C/C=C\C/C=C\C/C=C\C/C=C\C/C=C\C/C=C\C/C=C\CCCCC(=O)OCC(COC(=O)CCCCCCC/C=C\C/C=C\C/C=C\CC)OC(=O)CCCCCCCCC/C=C\C/C=C\CCCCC. The number of allylic oxidation sites excluding steroid dienone is 26. The standard InChI is InChI=1S/C71H112O6/c1-4-7-10-13-16-19-22-25-28-30-31-32-33-34-35-36-37-38-39-41-43-46-49-52-55-58-61-64-70(73)76-67-68(66-75-69(72)63-60-57-54-51-48-45-42-27-24-21-18-15-12-9-6-3)77-71(74)65-62-59-56-53-50-47-44-40-29-26-23-20-17-14-11-8-5-2/h7,9-10,12,16-21,25-29,31-32,34-35,37-38,41-43,49,52,68H,4-6,8,11,13-15,22-24,30,33,36,39-40,44-48,50-51,53-67H2,1-3H3/b10-7-,12-9-,19-16-,20-17-,21-18-,28-25-,29-26-,32-31-,35-34-,38-37-,42-27-,43-41-,52-49-. The quantitative estimate of drug-likeness (QED) is 0.0261. The molecule has 0 aromatic heterocycles. The topological polar surface area (TPSA) is 78.9 Å². The van der Waals surface area contributed by atoms with E-state index in [0.717, 1.165) is 154 Å². The fraction of sp³-hybridized carbons (Fsp3) is 0.592. The molecule has 0 rings (SSSR count). The van der Waals surface area contributed by atoms with Crippen LogP contribution in [0.25, 0.3) is 0 Å². The molecule has 0 aliphatic rings. The minimum Gasteiger partial charge on any atom is -0.462 e. The van der Waals surface area contributed by atoms with E-state index in [1.54, 1.807) is 0 Å². The van der Waals surface area contributed by atoms with Crippen molar-refractivity contribution in [1.29, 1.82) is 0 Å². The molecule has 0 amide bonds. The molecule has 6 nitrogen and oxygen atoms in total. The minimum atomic E-state index is -0.817. The Kier molecular flexibility index (Phi) is 59.5. The molecule has 0 spiro atoms. The predicted octanol–water partition coefficient (Wildman–Crippen LogP) is 21.3. The summed E-state index contributed by atoms with van der Waals surface area (Å²) in [5, 5.41) is 0. The van der Waals surface area contributed by atoms with Crippen LogP contribution in [0.3, 0.4) is 0 Å². The van der Waals surface area contributed by atoms with Gasteiger partial charge in [-0.1, -0.05) is 243 Å². The Hall–Kier alpha value is -4.97. The van der Waals surface area contributed by atoms with E-state index in [1.807, 2.05) is 0 Å². The summed E-state index contributed by atoms with van der Waals surface area (Å²) in [5.41, 5.74) is 0. The van der Waals surface area contributed by atoms with Crippen molar-refractivity contribution < 1.29 is 28.6 Å². The Morgan fingerprint density at radius 1 is 0.273 bits per heavy atom. The van der Waals surface area contributed by atoms with Gasteiger partial charge in [-0.2, -0.15) is 0 Å². The molecule has 0 N–H and O–H groups in total. The molecule has 0 fully saturated rings. The third-order valence-corrected chi connectivity index (χ3v) is 12.5. The summed E-state index contributed by atoms with van der Waals surface area (Å²) >= 11 is 0. The van der Waals surface area contributed by atoms with Gasteiger partial charge in [0.15, 0.2) is 6.10 Å². The van der Waals surface area contributed by atoms with Gasteiger partial charge in [-0.15, -0.1) is 0 Å². The number of carbonyl (C=O) groups is 3. The van der Waals surface area contributed by atoms with Crippen LogP contribution in [0.5, 0.6) is 0 Å². The zero-order chi connectivity index (χ0) is 55.7. The molecule has 0 saturated carbocycles. The van der Waals surface area contributed by atoms with E-state index >= 15 is 0 Å². The first kappa shape index (κ1) is 72.0. The Morgan fingerprint density at radius 2 is 0.506 bits per heavy atom. The van der Waals surface area contributed by atoms with E-state index in [9.17, 15) is 14.4 Å². The number of carbonyl (C=O) groups excluding carboxylic acids is 3. The van der Waals surface area contributed by atoms with Gasteiger partial charge in [0.1, 0.15) is 13.2 Å². The molecule has 0 aromatic carbocycles. The molecule has 0 radical (unpaired) electrons. The third-order valence-electron chi connectivity index (χ3n) is 12.5. The summed E-state index contributed by atoms with van der Waals surface area (Å²) in [6.45, 7) is 6.32. The molecule has 0 aliphatic heterocycles. The number of esters is 3. The Bertz CT molecular complexity index is 1740. The summed E-state index contributed by atoms with van der Waals surface area (Å²) in [4.78, 5) is 38.3. The molecule has 432 valence electrons. The van der Waals surface area contributed by atoms with E-state index in [-0.39, 0.29) is 31.1 Å². The second-order valence-corrected chi connectivity index (χ2v) is 19.8. The molecule has 0 heterocycles. The monoisotopic (exact) mass is 1060 g/mol. The maximum absolute atomic E-state index is 12.9. The molecule has 0 aliphatic carbocycles. The first-order chi connectivity index (χ1) is 38.0. The van der Waals surface area contributed by atoms with Crippen molar-refractivity contribution in [2.75, 3.05) is 13.2 Å². The van der Waals surface area contributed by atoms with Gasteiger partial charge in [0, 0.05) is 19.3 Å². The number of hydrogen-bond acceptors (Lipinski definition) is 6. The highest BCUT2D eigenvalue weighted by Crippen LogP contribution is 2.14. The highest BCUT2D eigenvalue weighted by atomic mass is 16.6. The van der Waals surface area contributed by atoms with Crippen molar-refractivity contribution >= 4 is 17.9 Å². The summed E-state index contributed by atoms with van der Waals surface area (Å²) in [5.74, 6) is -0.984. The second kappa shape index (κ2) is 63.6. The van der Waals surface area contributed by atoms with Gasteiger partial charge in [0.25, 0.3) is 0 Å². The molecule has 0 aromatic rings. The zero-order valence-corrected chi connectivity index (χ0v) is 49.4. The van der Waals surface area contributed by atoms with Crippen molar-refractivity contribution in [2.45, 2.75) is 258 Å². The first-order valence-corrected chi connectivity index (χ1v) is 31.0. The van der Waals surface area contributed by atoms with Crippen molar-refractivity contribution in [1.82, 2.24) is 0 Å². The van der Waals surface area contributed by atoms with E-state index in [0.29, 0.717) is 25.7 Å². The van der Waals surface area contributed by atoms with Gasteiger partial charge in [-0.05, 0) is 148 Å². The largest absolute Gasteiger partial charge is 0.462 e. The highest BCUT2D eigenvalue weighted by Gasteiger charge is 2.19. The zero-order valence-electron chi connectivity index (χ0n) is 49.4. The molecule has 0 bridgehead atoms. The lowest BCUT2D eigenvalue weighted by Crippen LogP contribution is -2.30. The fourth-order valence-corrected chi connectivity index (χ4v) is 7.91. The molecule has 0 saturated heterocycles. The maximum atomic E-state index is 12.9. The van der Waals surface area contributed by atoms with Crippen LogP contribution in [0, 0.1) is 0 Å². The van der Waals surface area contributed by atoms with E-state index in [2.05, 4.69) is 179 Å². The van der Waals surface area contributed by atoms with Gasteiger partial charge in [0.2, 0.25) is 0 Å². The van der Waals surface area contributed by atoms with Crippen LogP contribution in [0.4, 0.5) is 0 Å². The van der Waals surface area contributed by atoms with Crippen molar-refractivity contribution in [3.8, 4) is 0 Å². The summed E-state index contributed by atoms with van der Waals surface area (Å²) in [6.07, 6.45) is 92.4. The van der Waals surface area contributed by atoms with Crippen LogP contribution >= 0.6 is 0 Å². The van der Waals surface area contributed by atoms with Gasteiger partial charge in [-0.3, -0.25) is 14.4 Å².